The Morgan fingerprint density at radius 1 is 0.864 bits per heavy atom. The number of benzene rings is 2. The average Bonchev–Trinajstić information content (AvgIpc) is 2.55. The molecule has 0 heterocycles. The van der Waals surface area contributed by atoms with Gasteiger partial charge in [-0.05, 0) is 19.3 Å². The second-order valence-electron chi connectivity index (χ2n) is 5.98. The maximum Gasteiger partial charge on any atom is 0.170 e. The number of hydrogen-bond acceptors (Lipinski definition) is 2. The maximum absolute atomic E-state index is 13.9. The zero-order valence-corrected chi connectivity index (χ0v) is 14.5. The SMILES string of the molecule is CC(C)CCOC(C)P(=O)(c1ccccc1)c1ccccc1. The Morgan fingerprint density at radius 2 is 1.32 bits per heavy atom. The van der Waals surface area contributed by atoms with Crippen molar-refractivity contribution in [2.75, 3.05) is 6.61 Å². The molecule has 2 nitrogen and oxygen atoms in total. The van der Waals surface area contributed by atoms with Crippen LogP contribution in [-0.2, 0) is 9.30 Å². The molecule has 118 valence electrons. The minimum atomic E-state index is -2.80. The Balaban J connectivity index is 2.33. The molecule has 2 rings (SSSR count). The summed E-state index contributed by atoms with van der Waals surface area (Å²) >= 11 is 0. The van der Waals surface area contributed by atoms with Crippen molar-refractivity contribution in [3.05, 3.63) is 60.7 Å². The van der Waals surface area contributed by atoms with Gasteiger partial charge in [0, 0.05) is 17.2 Å². The van der Waals surface area contributed by atoms with Gasteiger partial charge in [-0.2, -0.15) is 0 Å². The fourth-order valence-electron chi connectivity index (χ4n) is 2.45. The Labute approximate surface area is 133 Å². The first-order chi connectivity index (χ1) is 10.5. The Hall–Kier alpha value is -1.37. The molecule has 0 aliphatic carbocycles. The molecule has 2 aromatic carbocycles. The zero-order chi connectivity index (χ0) is 16.0. The molecule has 2 aromatic rings. The molecule has 0 aliphatic rings. The summed E-state index contributed by atoms with van der Waals surface area (Å²) in [4.78, 5) is 0. The third-order valence-corrected chi connectivity index (χ3v) is 7.15. The number of hydrogen-bond donors (Lipinski definition) is 0. The van der Waals surface area contributed by atoms with Crippen LogP contribution in [0.4, 0.5) is 0 Å². The molecule has 3 heteroatoms. The molecular formula is C19H25O2P. The molecule has 0 radical (unpaired) electrons. The normalized spacial score (nSPS) is 13.3. The second-order valence-corrected chi connectivity index (χ2v) is 9.06. The first kappa shape index (κ1) is 17.0. The van der Waals surface area contributed by atoms with Gasteiger partial charge in [0.2, 0.25) is 0 Å². The van der Waals surface area contributed by atoms with E-state index in [1.165, 1.54) is 0 Å². The molecule has 1 unspecified atom stereocenters. The van der Waals surface area contributed by atoms with E-state index in [0.717, 1.165) is 17.0 Å². The van der Waals surface area contributed by atoms with Gasteiger partial charge >= 0.3 is 0 Å². The molecule has 0 spiro atoms. The van der Waals surface area contributed by atoms with Crippen molar-refractivity contribution in [3.63, 3.8) is 0 Å². The van der Waals surface area contributed by atoms with E-state index < -0.39 is 7.14 Å². The highest BCUT2D eigenvalue weighted by atomic mass is 31.2. The summed E-state index contributed by atoms with van der Waals surface area (Å²) in [5.41, 5.74) is 0. The fourth-order valence-corrected chi connectivity index (χ4v) is 5.13. The summed E-state index contributed by atoms with van der Waals surface area (Å²) in [6.45, 7) is 6.91. The lowest BCUT2D eigenvalue weighted by molar-refractivity contribution is 0.107. The molecule has 0 saturated carbocycles. The summed E-state index contributed by atoms with van der Waals surface area (Å²) in [5.74, 6) is 0.260. The highest BCUT2D eigenvalue weighted by Gasteiger charge is 2.34. The molecule has 0 saturated heterocycles. The third kappa shape index (κ3) is 3.88. The Bertz CT molecular complexity index is 564. The summed E-state index contributed by atoms with van der Waals surface area (Å²) < 4.78 is 19.8. The topological polar surface area (TPSA) is 26.3 Å². The Kier molecular flexibility index (Phi) is 5.99. The van der Waals surface area contributed by atoms with Crippen LogP contribution >= 0.6 is 7.14 Å². The van der Waals surface area contributed by atoms with Crippen molar-refractivity contribution in [2.45, 2.75) is 33.0 Å². The summed E-state index contributed by atoms with van der Waals surface area (Å²) in [6, 6.07) is 19.4. The zero-order valence-electron chi connectivity index (χ0n) is 13.6. The standard InChI is InChI=1S/C19H25O2P/c1-16(2)14-15-21-17(3)22(20,18-10-6-4-7-11-18)19-12-8-5-9-13-19/h4-13,16-17H,14-15H2,1-3H3. The second kappa shape index (κ2) is 7.76. The van der Waals surface area contributed by atoms with Gasteiger partial charge in [-0.1, -0.05) is 74.5 Å². The lowest BCUT2D eigenvalue weighted by atomic mass is 10.1. The predicted molar refractivity (Wildman–Crippen MR) is 94.6 cm³/mol. The molecule has 0 fully saturated rings. The van der Waals surface area contributed by atoms with Gasteiger partial charge in [-0.3, -0.25) is 0 Å². The van der Waals surface area contributed by atoms with Crippen molar-refractivity contribution in [2.24, 2.45) is 5.92 Å². The van der Waals surface area contributed by atoms with Crippen LogP contribution in [0.1, 0.15) is 27.2 Å². The quantitative estimate of drug-likeness (QED) is 0.707. The van der Waals surface area contributed by atoms with E-state index in [1.54, 1.807) is 0 Å². The number of ether oxygens (including phenoxy) is 1. The van der Waals surface area contributed by atoms with Gasteiger partial charge in [-0.15, -0.1) is 0 Å². The molecule has 0 aromatic heterocycles. The van der Waals surface area contributed by atoms with Crippen LogP contribution in [0.2, 0.25) is 0 Å². The third-order valence-electron chi connectivity index (χ3n) is 3.85. The van der Waals surface area contributed by atoms with E-state index in [0.29, 0.717) is 12.5 Å². The molecule has 0 aliphatic heterocycles. The van der Waals surface area contributed by atoms with Gasteiger partial charge in [-0.25, -0.2) is 0 Å². The van der Waals surface area contributed by atoms with Crippen LogP contribution in [-0.4, -0.2) is 12.5 Å². The van der Waals surface area contributed by atoms with E-state index in [4.69, 9.17) is 4.74 Å². The van der Waals surface area contributed by atoms with Crippen molar-refractivity contribution >= 4 is 17.8 Å². The van der Waals surface area contributed by atoms with E-state index in [9.17, 15) is 4.57 Å². The van der Waals surface area contributed by atoms with E-state index in [1.807, 2.05) is 67.6 Å². The minimum Gasteiger partial charge on any atom is -0.370 e. The van der Waals surface area contributed by atoms with Gasteiger partial charge in [0.1, 0.15) is 5.85 Å². The van der Waals surface area contributed by atoms with Crippen molar-refractivity contribution in [3.8, 4) is 0 Å². The van der Waals surface area contributed by atoms with E-state index >= 15 is 0 Å². The molecule has 0 amide bonds. The van der Waals surface area contributed by atoms with Gasteiger partial charge in [0.25, 0.3) is 0 Å². The molecule has 1 atom stereocenters. The molecule has 0 N–H and O–H groups in total. The van der Waals surface area contributed by atoms with E-state index in [2.05, 4.69) is 13.8 Å². The van der Waals surface area contributed by atoms with Crippen molar-refractivity contribution < 1.29 is 9.30 Å². The highest BCUT2D eigenvalue weighted by molar-refractivity contribution is 7.79. The Morgan fingerprint density at radius 3 is 1.73 bits per heavy atom. The summed E-state index contributed by atoms with van der Waals surface area (Å²) in [5, 5.41) is 1.72. The summed E-state index contributed by atoms with van der Waals surface area (Å²) in [7, 11) is -2.80. The van der Waals surface area contributed by atoms with Crippen molar-refractivity contribution in [1.82, 2.24) is 0 Å². The van der Waals surface area contributed by atoms with Crippen LogP contribution in [0.3, 0.4) is 0 Å². The minimum absolute atomic E-state index is 0.323. The first-order valence-electron chi connectivity index (χ1n) is 7.87. The predicted octanol–water partition coefficient (Wildman–Crippen LogP) is 4.41. The lowest BCUT2D eigenvalue weighted by Crippen LogP contribution is -2.26. The van der Waals surface area contributed by atoms with Crippen LogP contribution < -0.4 is 10.6 Å². The summed E-state index contributed by atoms with van der Waals surface area (Å²) in [6.07, 6.45) is 0.980. The molecular weight excluding hydrogens is 291 g/mol. The van der Waals surface area contributed by atoms with Gasteiger partial charge < -0.3 is 9.30 Å². The first-order valence-corrected chi connectivity index (χ1v) is 9.65. The maximum atomic E-state index is 13.9. The van der Waals surface area contributed by atoms with E-state index in [-0.39, 0.29) is 5.85 Å². The van der Waals surface area contributed by atoms with Gasteiger partial charge in [0.05, 0.1) is 0 Å². The largest absolute Gasteiger partial charge is 0.370 e. The monoisotopic (exact) mass is 316 g/mol. The highest BCUT2D eigenvalue weighted by Crippen LogP contribution is 2.48. The lowest BCUT2D eigenvalue weighted by Gasteiger charge is -2.26. The molecule has 0 bridgehead atoms. The fraction of sp³-hybridized carbons (Fsp3) is 0.368. The van der Waals surface area contributed by atoms with Crippen LogP contribution in [0.15, 0.2) is 60.7 Å². The van der Waals surface area contributed by atoms with Gasteiger partial charge in [0.15, 0.2) is 7.14 Å². The van der Waals surface area contributed by atoms with Crippen LogP contribution in [0.25, 0.3) is 0 Å². The van der Waals surface area contributed by atoms with Crippen LogP contribution in [0.5, 0.6) is 0 Å². The number of rotatable bonds is 7. The van der Waals surface area contributed by atoms with Crippen molar-refractivity contribution in [1.29, 1.82) is 0 Å². The van der Waals surface area contributed by atoms with Crippen LogP contribution in [0, 0.1) is 5.92 Å². The smallest absolute Gasteiger partial charge is 0.170 e. The molecule has 22 heavy (non-hydrogen) atoms. The average molecular weight is 316 g/mol.